The molecule has 5 rings (SSSR count). The van der Waals surface area contributed by atoms with E-state index < -0.39 is 0 Å². The SMILES string of the molecule is COc1ccc2c3c(n(C)c2c1)[C@H](CO)N(C(=O)NC(C)C)CC31CCN(CC2CCCC2)CC1. The minimum Gasteiger partial charge on any atom is -0.497 e. The van der Waals surface area contributed by atoms with Gasteiger partial charge in [-0.15, -0.1) is 0 Å². The summed E-state index contributed by atoms with van der Waals surface area (Å²) in [5.41, 5.74) is 3.40. The predicted octanol–water partition coefficient (Wildman–Crippen LogP) is 4.18. The van der Waals surface area contributed by atoms with Crippen molar-refractivity contribution in [1.29, 1.82) is 0 Å². The number of urea groups is 1. The fourth-order valence-electron chi connectivity index (χ4n) is 7.03. The number of aliphatic hydroxyl groups is 1. The van der Waals surface area contributed by atoms with Crippen molar-refractivity contribution < 1.29 is 14.6 Å². The third kappa shape index (κ3) is 4.31. The Morgan fingerprint density at radius 1 is 1.23 bits per heavy atom. The van der Waals surface area contributed by atoms with Gasteiger partial charge in [0.1, 0.15) is 5.75 Å². The van der Waals surface area contributed by atoms with E-state index in [2.05, 4.69) is 34.0 Å². The third-order valence-electron chi connectivity index (χ3n) is 8.80. The number of aryl methyl sites for hydroxylation is 1. The Morgan fingerprint density at radius 2 is 1.94 bits per heavy atom. The highest BCUT2D eigenvalue weighted by Gasteiger charge is 2.49. The first-order valence-electron chi connectivity index (χ1n) is 13.4. The smallest absolute Gasteiger partial charge is 0.318 e. The Bertz CT molecular complexity index is 1060. The standard InChI is InChI=1S/C28H42N4O3/c1-19(2)29-27(34)32-18-28(11-13-31(14-12-28)16-20-7-5-6-8-20)25-22-10-9-21(35-4)15-23(22)30(3)26(25)24(32)17-33/h9-10,15,19-20,24,33H,5-8,11-14,16-18H2,1-4H3,(H,29,34)/t24-/m0/s1. The maximum absolute atomic E-state index is 13.4. The summed E-state index contributed by atoms with van der Waals surface area (Å²) in [7, 11) is 3.76. The van der Waals surface area contributed by atoms with E-state index in [1.807, 2.05) is 24.8 Å². The molecule has 0 unspecified atom stereocenters. The molecule has 3 heterocycles. The van der Waals surface area contributed by atoms with Crippen LogP contribution in [0.5, 0.6) is 5.75 Å². The van der Waals surface area contributed by atoms with Gasteiger partial charge in [-0.05, 0) is 76.2 Å². The summed E-state index contributed by atoms with van der Waals surface area (Å²) in [4.78, 5) is 18.0. The van der Waals surface area contributed by atoms with Crippen molar-refractivity contribution in [2.75, 3.05) is 39.9 Å². The van der Waals surface area contributed by atoms with Gasteiger partial charge < -0.3 is 29.5 Å². The largest absolute Gasteiger partial charge is 0.497 e. The molecular weight excluding hydrogens is 440 g/mol. The number of hydrogen-bond acceptors (Lipinski definition) is 4. The number of hydrogen-bond donors (Lipinski definition) is 2. The van der Waals surface area contributed by atoms with Crippen molar-refractivity contribution in [3.63, 3.8) is 0 Å². The number of likely N-dealkylation sites (tertiary alicyclic amines) is 1. The van der Waals surface area contributed by atoms with Crippen LogP contribution >= 0.6 is 0 Å². The van der Waals surface area contributed by atoms with Crippen LogP contribution in [0.25, 0.3) is 10.9 Å². The van der Waals surface area contributed by atoms with Gasteiger partial charge in [0.05, 0.1) is 25.3 Å². The molecule has 1 saturated carbocycles. The third-order valence-corrected chi connectivity index (χ3v) is 8.80. The van der Waals surface area contributed by atoms with Crippen molar-refractivity contribution in [2.45, 2.75) is 69.9 Å². The van der Waals surface area contributed by atoms with Crippen LogP contribution in [0.3, 0.4) is 0 Å². The van der Waals surface area contributed by atoms with E-state index in [1.54, 1.807) is 7.11 Å². The number of amides is 2. The van der Waals surface area contributed by atoms with Gasteiger partial charge in [-0.25, -0.2) is 4.79 Å². The average Bonchev–Trinajstić information content (AvgIpc) is 3.46. The number of carbonyl (C=O) groups excluding carboxylic acids is 1. The number of aliphatic hydroxyl groups excluding tert-OH is 1. The Labute approximate surface area is 209 Å². The zero-order chi connectivity index (χ0) is 24.7. The lowest BCUT2D eigenvalue weighted by Crippen LogP contribution is -2.58. The number of benzene rings is 1. The maximum Gasteiger partial charge on any atom is 0.318 e. The topological polar surface area (TPSA) is 70.0 Å². The number of methoxy groups -OCH3 is 1. The fraction of sp³-hybridized carbons (Fsp3) is 0.679. The van der Waals surface area contributed by atoms with Crippen LogP contribution in [-0.2, 0) is 12.5 Å². The second kappa shape index (κ2) is 9.66. The number of piperidine rings is 1. The van der Waals surface area contributed by atoms with E-state index in [-0.39, 0.29) is 30.1 Å². The first kappa shape index (κ1) is 24.4. The summed E-state index contributed by atoms with van der Waals surface area (Å²) < 4.78 is 7.73. The van der Waals surface area contributed by atoms with Crippen molar-refractivity contribution in [3.05, 3.63) is 29.5 Å². The molecule has 2 aromatic rings. The summed E-state index contributed by atoms with van der Waals surface area (Å²) in [5.74, 6) is 1.67. The number of ether oxygens (including phenoxy) is 1. The molecule has 7 nitrogen and oxygen atoms in total. The maximum atomic E-state index is 13.4. The Morgan fingerprint density at radius 3 is 2.57 bits per heavy atom. The van der Waals surface area contributed by atoms with E-state index in [4.69, 9.17) is 4.74 Å². The highest BCUT2D eigenvalue weighted by molar-refractivity contribution is 5.89. The Kier molecular flexibility index (Phi) is 6.75. The van der Waals surface area contributed by atoms with Gasteiger partial charge in [0.2, 0.25) is 0 Å². The highest BCUT2D eigenvalue weighted by Crippen LogP contribution is 2.50. The molecule has 1 saturated heterocycles. The summed E-state index contributed by atoms with van der Waals surface area (Å²) in [6, 6.07) is 5.90. The molecule has 2 fully saturated rings. The van der Waals surface area contributed by atoms with Crippen molar-refractivity contribution >= 4 is 16.9 Å². The van der Waals surface area contributed by atoms with Gasteiger partial charge in [-0.2, -0.15) is 0 Å². The van der Waals surface area contributed by atoms with Gasteiger partial charge >= 0.3 is 6.03 Å². The lowest BCUT2D eigenvalue weighted by Gasteiger charge is -2.50. The lowest BCUT2D eigenvalue weighted by atomic mass is 9.68. The quantitative estimate of drug-likeness (QED) is 0.671. The van der Waals surface area contributed by atoms with Crippen LogP contribution in [0.2, 0.25) is 0 Å². The number of nitrogens with zero attached hydrogens (tertiary/aromatic N) is 3. The first-order chi connectivity index (χ1) is 16.9. The molecule has 192 valence electrons. The molecule has 2 N–H and O–H groups in total. The molecule has 3 aliphatic rings. The Balaban J connectivity index is 1.56. The zero-order valence-electron chi connectivity index (χ0n) is 21.8. The molecule has 1 aromatic heterocycles. The van der Waals surface area contributed by atoms with Crippen LogP contribution in [-0.4, -0.2) is 71.4 Å². The van der Waals surface area contributed by atoms with Gasteiger partial charge in [0.25, 0.3) is 0 Å². The number of carbonyl (C=O) groups is 1. The number of nitrogens with one attached hydrogen (secondary N) is 1. The minimum absolute atomic E-state index is 0.0456. The summed E-state index contributed by atoms with van der Waals surface area (Å²) >= 11 is 0. The highest BCUT2D eigenvalue weighted by atomic mass is 16.5. The lowest BCUT2D eigenvalue weighted by molar-refractivity contribution is 0.0622. The van der Waals surface area contributed by atoms with Crippen molar-refractivity contribution in [3.8, 4) is 5.75 Å². The molecule has 0 radical (unpaired) electrons. The normalized spacial score (nSPS) is 22.8. The van der Waals surface area contributed by atoms with Crippen LogP contribution < -0.4 is 10.1 Å². The second-order valence-corrected chi connectivity index (χ2v) is 11.4. The van der Waals surface area contributed by atoms with Gasteiger partial charge in [-0.3, -0.25) is 0 Å². The average molecular weight is 483 g/mol. The molecule has 1 spiro atoms. The van der Waals surface area contributed by atoms with Gasteiger partial charge in [-0.1, -0.05) is 12.8 Å². The van der Waals surface area contributed by atoms with Gasteiger partial charge in [0.15, 0.2) is 0 Å². The summed E-state index contributed by atoms with van der Waals surface area (Å²) in [6.45, 7) is 7.86. The number of fused-ring (bicyclic) bond motifs is 4. The molecule has 35 heavy (non-hydrogen) atoms. The summed E-state index contributed by atoms with van der Waals surface area (Å²) in [5, 5.41) is 14.9. The molecule has 7 heteroatoms. The monoisotopic (exact) mass is 482 g/mol. The van der Waals surface area contributed by atoms with E-state index in [0.29, 0.717) is 6.54 Å². The second-order valence-electron chi connectivity index (χ2n) is 11.4. The van der Waals surface area contributed by atoms with E-state index in [1.165, 1.54) is 43.2 Å². The molecule has 1 atom stereocenters. The summed E-state index contributed by atoms with van der Waals surface area (Å²) in [6.07, 6.45) is 7.57. The Hall–Kier alpha value is -2.25. The zero-order valence-corrected chi connectivity index (χ0v) is 21.8. The molecule has 0 bridgehead atoms. The molecule has 2 amide bonds. The van der Waals surface area contributed by atoms with Crippen LogP contribution in [0.1, 0.15) is 69.7 Å². The number of rotatable bonds is 5. The number of aromatic nitrogens is 1. The van der Waals surface area contributed by atoms with E-state index in [9.17, 15) is 9.90 Å². The van der Waals surface area contributed by atoms with Gasteiger partial charge in [0, 0.05) is 48.7 Å². The minimum atomic E-state index is -0.366. The molecule has 2 aliphatic heterocycles. The van der Waals surface area contributed by atoms with E-state index >= 15 is 0 Å². The molecular formula is C28H42N4O3. The van der Waals surface area contributed by atoms with Crippen molar-refractivity contribution in [2.24, 2.45) is 13.0 Å². The van der Waals surface area contributed by atoms with E-state index in [0.717, 1.165) is 48.8 Å². The van der Waals surface area contributed by atoms with Crippen LogP contribution in [0.4, 0.5) is 4.79 Å². The van der Waals surface area contributed by atoms with Crippen LogP contribution in [0, 0.1) is 5.92 Å². The first-order valence-corrected chi connectivity index (χ1v) is 13.4. The van der Waals surface area contributed by atoms with Crippen LogP contribution in [0.15, 0.2) is 18.2 Å². The molecule has 1 aliphatic carbocycles. The van der Waals surface area contributed by atoms with Crippen molar-refractivity contribution in [1.82, 2.24) is 19.7 Å². The fourth-order valence-corrected chi connectivity index (χ4v) is 7.03. The predicted molar refractivity (Wildman–Crippen MR) is 139 cm³/mol. The molecule has 1 aromatic carbocycles.